The fourth-order valence-electron chi connectivity index (χ4n) is 1.98. The molecule has 0 spiro atoms. The molecule has 1 aliphatic carbocycles. The Kier molecular flexibility index (Phi) is 3.86. The van der Waals surface area contributed by atoms with Crippen LogP contribution in [0.1, 0.15) is 36.4 Å². The lowest BCUT2D eigenvalue weighted by Crippen LogP contribution is -2.38. The van der Waals surface area contributed by atoms with Gasteiger partial charge in [-0.05, 0) is 12.8 Å². The minimum Gasteiger partial charge on any atom is -0.492 e. The molecule has 0 bridgehead atoms. The molecule has 0 atom stereocenters. The van der Waals surface area contributed by atoms with Gasteiger partial charge in [0.05, 0.1) is 17.7 Å². The van der Waals surface area contributed by atoms with E-state index in [1.807, 2.05) is 0 Å². The summed E-state index contributed by atoms with van der Waals surface area (Å²) in [6.07, 6.45) is -4.34. The lowest BCUT2D eigenvalue weighted by atomic mass is 10.1. The largest absolute Gasteiger partial charge is 0.492 e. The van der Waals surface area contributed by atoms with Crippen molar-refractivity contribution in [1.29, 1.82) is 0 Å². The summed E-state index contributed by atoms with van der Waals surface area (Å²) in [6, 6.07) is 0. The number of carbonyl (C=O) groups is 1. The molecule has 1 aromatic heterocycles. The Hall–Kier alpha value is -1.44. The molecule has 1 fully saturated rings. The van der Waals surface area contributed by atoms with Gasteiger partial charge < -0.3 is 15.8 Å². The molecular formula is C13H17F3N2O2S. The Morgan fingerprint density at radius 3 is 2.38 bits per heavy atom. The van der Waals surface area contributed by atoms with Gasteiger partial charge in [-0.25, -0.2) is 0 Å². The number of carbonyl (C=O) groups excluding carboxylic acids is 1. The summed E-state index contributed by atoms with van der Waals surface area (Å²) in [4.78, 5) is 12.3. The zero-order valence-corrected chi connectivity index (χ0v) is 12.7. The number of halogens is 3. The van der Waals surface area contributed by atoms with Crippen LogP contribution < -0.4 is 15.8 Å². The van der Waals surface area contributed by atoms with E-state index in [4.69, 9.17) is 10.5 Å². The van der Waals surface area contributed by atoms with Crippen LogP contribution in [-0.4, -0.2) is 24.6 Å². The summed E-state index contributed by atoms with van der Waals surface area (Å²) in [5.74, 6) is -0.388. The van der Waals surface area contributed by atoms with E-state index in [1.165, 1.54) is 7.11 Å². The maximum atomic E-state index is 13.0. The van der Waals surface area contributed by atoms with Crippen LogP contribution in [0.3, 0.4) is 0 Å². The van der Waals surface area contributed by atoms with Crippen molar-refractivity contribution in [1.82, 2.24) is 0 Å². The lowest BCUT2D eigenvalue weighted by Gasteiger charge is -2.21. The van der Waals surface area contributed by atoms with Gasteiger partial charge in [-0.1, -0.05) is 13.8 Å². The number of nitrogens with two attached hydrogens (primary N) is 1. The van der Waals surface area contributed by atoms with E-state index in [9.17, 15) is 18.0 Å². The number of nitrogen functional groups attached to an aromatic ring is 1. The molecule has 1 aromatic rings. The fourth-order valence-corrected chi connectivity index (χ4v) is 3.26. The SMILES string of the molecule is COc1c(NC2(C(F)(F)F)CC2)sc(C(=O)C(C)C)c1N. The van der Waals surface area contributed by atoms with E-state index in [0.29, 0.717) is 0 Å². The van der Waals surface area contributed by atoms with Gasteiger partial charge in [0.2, 0.25) is 0 Å². The highest BCUT2D eigenvalue weighted by Crippen LogP contribution is 2.54. The van der Waals surface area contributed by atoms with E-state index < -0.39 is 11.7 Å². The molecule has 1 heterocycles. The molecular weight excluding hydrogens is 305 g/mol. The van der Waals surface area contributed by atoms with Crippen molar-refractivity contribution in [2.75, 3.05) is 18.2 Å². The molecule has 0 unspecified atom stereocenters. The Balaban J connectivity index is 2.37. The summed E-state index contributed by atoms with van der Waals surface area (Å²) in [5, 5.41) is 2.64. The highest BCUT2D eigenvalue weighted by atomic mass is 32.1. The van der Waals surface area contributed by atoms with Gasteiger partial charge in [-0.15, -0.1) is 11.3 Å². The number of hydrogen-bond acceptors (Lipinski definition) is 5. The third-order valence-electron chi connectivity index (χ3n) is 3.50. The van der Waals surface area contributed by atoms with E-state index in [-0.39, 0.29) is 45.9 Å². The van der Waals surface area contributed by atoms with Gasteiger partial charge in [0, 0.05) is 5.92 Å². The van der Waals surface area contributed by atoms with Crippen LogP contribution in [0.4, 0.5) is 23.9 Å². The molecule has 3 N–H and O–H groups in total. The smallest absolute Gasteiger partial charge is 0.411 e. The summed E-state index contributed by atoms with van der Waals surface area (Å²) in [5.41, 5.74) is 4.02. The molecule has 4 nitrogen and oxygen atoms in total. The van der Waals surface area contributed by atoms with Gasteiger partial charge in [-0.2, -0.15) is 13.2 Å². The maximum absolute atomic E-state index is 13.0. The Labute approximate surface area is 124 Å². The van der Waals surface area contributed by atoms with E-state index >= 15 is 0 Å². The third-order valence-corrected chi connectivity index (χ3v) is 4.61. The molecule has 1 aliphatic rings. The van der Waals surface area contributed by atoms with Gasteiger partial charge in [0.1, 0.15) is 10.5 Å². The minimum atomic E-state index is -4.35. The quantitative estimate of drug-likeness (QED) is 0.812. The van der Waals surface area contributed by atoms with E-state index in [2.05, 4.69) is 5.32 Å². The van der Waals surface area contributed by atoms with E-state index in [1.54, 1.807) is 13.8 Å². The van der Waals surface area contributed by atoms with Crippen molar-refractivity contribution in [3.8, 4) is 5.75 Å². The van der Waals surface area contributed by atoms with Crippen molar-refractivity contribution < 1.29 is 22.7 Å². The van der Waals surface area contributed by atoms with Crippen LogP contribution in [0.2, 0.25) is 0 Å². The number of Topliss-reactive ketones (excluding diaryl/α,β-unsaturated/α-hetero) is 1. The fraction of sp³-hybridized carbons (Fsp3) is 0.615. The normalized spacial score (nSPS) is 16.9. The lowest BCUT2D eigenvalue weighted by molar-refractivity contribution is -0.151. The second kappa shape index (κ2) is 5.08. The number of alkyl halides is 3. The number of hydrogen-bond donors (Lipinski definition) is 2. The second-order valence-corrected chi connectivity index (χ2v) is 6.45. The predicted octanol–water partition coefficient (Wildman–Crippen LogP) is 3.68. The molecule has 0 radical (unpaired) electrons. The molecule has 0 aliphatic heterocycles. The molecule has 21 heavy (non-hydrogen) atoms. The van der Waals surface area contributed by atoms with Crippen molar-refractivity contribution in [3.63, 3.8) is 0 Å². The predicted molar refractivity (Wildman–Crippen MR) is 76.1 cm³/mol. The average Bonchev–Trinajstić information content (AvgIpc) is 3.09. The summed E-state index contributed by atoms with van der Waals surface area (Å²) >= 11 is 0.919. The van der Waals surface area contributed by atoms with Crippen LogP contribution in [0, 0.1) is 5.92 Å². The topological polar surface area (TPSA) is 64.3 Å². The summed E-state index contributed by atoms with van der Waals surface area (Å²) in [6.45, 7) is 3.42. The zero-order chi connectivity index (χ0) is 16.0. The molecule has 0 saturated heterocycles. The third kappa shape index (κ3) is 2.68. The van der Waals surface area contributed by atoms with Crippen LogP contribution in [0.25, 0.3) is 0 Å². The average molecular weight is 322 g/mol. The second-order valence-electron chi connectivity index (χ2n) is 5.43. The first-order valence-corrected chi connectivity index (χ1v) is 7.30. The summed E-state index contributed by atoms with van der Waals surface area (Å²) in [7, 11) is 1.32. The van der Waals surface area contributed by atoms with Gasteiger partial charge in [-0.3, -0.25) is 4.79 Å². The monoisotopic (exact) mass is 322 g/mol. The Bertz CT molecular complexity index is 562. The van der Waals surface area contributed by atoms with Gasteiger partial charge in [0.25, 0.3) is 0 Å². The Morgan fingerprint density at radius 2 is 2.00 bits per heavy atom. The number of ether oxygens (including phenoxy) is 1. The van der Waals surface area contributed by atoms with Crippen LogP contribution in [-0.2, 0) is 0 Å². The first kappa shape index (κ1) is 15.9. The van der Waals surface area contributed by atoms with Crippen LogP contribution >= 0.6 is 11.3 Å². The van der Waals surface area contributed by atoms with Crippen molar-refractivity contribution in [2.45, 2.75) is 38.4 Å². The molecule has 118 valence electrons. The minimum absolute atomic E-state index is 0.00488. The standard InChI is InChI=1S/C13H17F3N2O2S/c1-6(2)8(19)10-7(17)9(20-3)11(21-10)18-12(4-5-12)13(14,15)16/h6,18H,4-5,17H2,1-3H3. The number of thiophene rings is 1. The summed E-state index contributed by atoms with van der Waals surface area (Å²) < 4.78 is 44.1. The number of rotatable bonds is 5. The first-order valence-electron chi connectivity index (χ1n) is 6.48. The first-order chi connectivity index (χ1) is 9.63. The van der Waals surface area contributed by atoms with Crippen molar-refractivity contribution >= 4 is 27.8 Å². The molecule has 1 saturated carbocycles. The molecule has 0 aromatic carbocycles. The number of anilines is 2. The number of ketones is 1. The highest BCUT2D eigenvalue weighted by molar-refractivity contribution is 7.19. The number of methoxy groups -OCH3 is 1. The highest BCUT2D eigenvalue weighted by Gasteiger charge is 2.64. The van der Waals surface area contributed by atoms with Gasteiger partial charge >= 0.3 is 6.18 Å². The van der Waals surface area contributed by atoms with E-state index in [0.717, 1.165) is 11.3 Å². The van der Waals surface area contributed by atoms with Crippen LogP contribution in [0.15, 0.2) is 0 Å². The van der Waals surface area contributed by atoms with Gasteiger partial charge in [0.15, 0.2) is 11.5 Å². The maximum Gasteiger partial charge on any atom is 0.411 e. The van der Waals surface area contributed by atoms with Crippen LogP contribution in [0.5, 0.6) is 5.75 Å². The molecule has 0 amide bonds. The van der Waals surface area contributed by atoms with Crippen molar-refractivity contribution in [2.24, 2.45) is 5.92 Å². The molecule has 8 heteroatoms. The Morgan fingerprint density at radius 1 is 1.43 bits per heavy atom. The zero-order valence-electron chi connectivity index (χ0n) is 11.9. The molecule has 2 rings (SSSR count). The number of nitrogens with one attached hydrogen (secondary N) is 1. The van der Waals surface area contributed by atoms with Crippen molar-refractivity contribution in [3.05, 3.63) is 4.88 Å².